The first-order chi connectivity index (χ1) is 15.0. The molecule has 0 radical (unpaired) electrons. The van der Waals surface area contributed by atoms with Crippen LogP contribution in [0.2, 0.25) is 0 Å². The van der Waals surface area contributed by atoms with E-state index in [1.54, 1.807) is 0 Å². The minimum Gasteiger partial charge on any atom is -0.480 e. The Kier molecular flexibility index (Phi) is 7.41. The average Bonchev–Trinajstić information content (AvgIpc) is 3.08. The Morgan fingerprint density at radius 3 is 2.72 bits per heavy atom. The van der Waals surface area contributed by atoms with E-state index in [9.17, 15) is 24.3 Å². The van der Waals surface area contributed by atoms with Crippen LogP contribution >= 0.6 is 46.9 Å². The molecule has 3 aliphatic rings. The van der Waals surface area contributed by atoms with Gasteiger partial charge < -0.3 is 31.0 Å². The van der Waals surface area contributed by atoms with Gasteiger partial charge in [0.2, 0.25) is 12.5 Å². The van der Waals surface area contributed by atoms with Crippen LogP contribution in [0.3, 0.4) is 0 Å². The summed E-state index contributed by atoms with van der Waals surface area (Å²) in [5.41, 5.74) is 5.21. The number of rotatable bonds is 9. The molecule has 2 saturated heterocycles. The Morgan fingerprint density at radius 2 is 2.16 bits per heavy atom. The van der Waals surface area contributed by atoms with Crippen molar-refractivity contribution < 1.29 is 34.2 Å². The van der Waals surface area contributed by atoms with Gasteiger partial charge in [-0.15, -0.1) is 23.5 Å². The second kappa shape index (κ2) is 9.57. The van der Waals surface area contributed by atoms with Crippen LogP contribution in [0.1, 0.15) is 6.92 Å². The number of carbonyl (C=O) groups is 4. The smallest absolute Gasteiger partial charge is 0.344 e. The molecule has 0 aliphatic carbocycles. The number of carbonyl (C=O) groups excluding carboxylic acids is 2. The van der Waals surface area contributed by atoms with Gasteiger partial charge in [-0.1, -0.05) is 35.4 Å². The predicted molar refractivity (Wildman–Crippen MR) is 122 cm³/mol. The van der Waals surface area contributed by atoms with E-state index in [0.29, 0.717) is 5.75 Å². The molecule has 5 N–H and O–H groups in total. The Labute approximate surface area is 200 Å². The Bertz CT molecular complexity index is 905. The van der Waals surface area contributed by atoms with Gasteiger partial charge in [0.1, 0.15) is 16.2 Å². The van der Waals surface area contributed by atoms with Gasteiger partial charge >= 0.3 is 11.9 Å². The molecule has 12 nitrogen and oxygen atoms in total. The van der Waals surface area contributed by atoms with E-state index in [4.69, 9.17) is 27.3 Å². The van der Waals surface area contributed by atoms with Crippen molar-refractivity contribution in [3.63, 3.8) is 0 Å². The number of amides is 2. The molecular formula is C16H20ClN5O7S3. The number of amidine groups is 1. The number of β-lactam (4-membered cyclic amide) rings is 1. The summed E-state index contributed by atoms with van der Waals surface area (Å²) >= 11 is 10.00. The standard InChI is InChI=1S/C16H20ClN5O7S3/c1-2-32-15(13(27)28)4-22-11(26)8(12(22)30-5-15)19-10(25)9(21-29-3-7(23)24)16(17)6-31-14(18)20-16/h8,12H,2-6H2,1H3,(H2,18,20)(H,19,25)(H,23,24)(H,27,28)/t8?,12-,15?,16?/m1/s1. The van der Waals surface area contributed by atoms with E-state index in [1.165, 1.54) is 28.4 Å². The second-order valence-corrected chi connectivity index (χ2v) is 11.3. The number of nitrogens with one attached hydrogen (secondary N) is 1. The number of carboxylic acid groups (broad SMARTS) is 2. The maximum atomic E-state index is 12.9. The van der Waals surface area contributed by atoms with Crippen LogP contribution in [-0.2, 0) is 24.0 Å². The zero-order valence-corrected chi connectivity index (χ0v) is 19.9. The van der Waals surface area contributed by atoms with Crippen molar-refractivity contribution in [1.29, 1.82) is 0 Å². The molecule has 0 aromatic carbocycles. The molecule has 3 rings (SSSR count). The maximum absolute atomic E-state index is 12.9. The first kappa shape index (κ1) is 24.8. The molecule has 0 spiro atoms. The lowest BCUT2D eigenvalue weighted by Gasteiger charge is -2.53. The third kappa shape index (κ3) is 4.75. The van der Waals surface area contributed by atoms with E-state index in [-0.39, 0.29) is 23.2 Å². The first-order valence-corrected chi connectivity index (χ1v) is 12.6. The van der Waals surface area contributed by atoms with E-state index in [1.807, 2.05) is 6.92 Å². The van der Waals surface area contributed by atoms with Crippen molar-refractivity contribution in [2.24, 2.45) is 15.9 Å². The summed E-state index contributed by atoms with van der Waals surface area (Å²) in [5.74, 6) is -2.69. The van der Waals surface area contributed by atoms with E-state index in [0.717, 1.165) is 11.8 Å². The van der Waals surface area contributed by atoms with Crippen LogP contribution in [0.25, 0.3) is 0 Å². The number of aliphatic carboxylic acids is 2. The number of nitrogens with two attached hydrogens (primary N) is 1. The molecule has 3 heterocycles. The highest BCUT2D eigenvalue weighted by molar-refractivity contribution is 8.14. The molecule has 0 aromatic heterocycles. The fraction of sp³-hybridized carbons (Fsp3) is 0.625. The van der Waals surface area contributed by atoms with Gasteiger partial charge in [0, 0.05) is 18.1 Å². The highest BCUT2D eigenvalue weighted by Crippen LogP contribution is 2.44. The molecule has 3 unspecified atom stereocenters. The van der Waals surface area contributed by atoms with Gasteiger partial charge in [-0.3, -0.25) is 14.4 Å². The number of nitrogens with zero attached hydrogens (tertiary/aromatic N) is 3. The van der Waals surface area contributed by atoms with Crippen LogP contribution in [0.15, 0.2) is 10.1 Å². The summed E-state index contributed by atoms with van der Waals surface area (Å²) < 4.78 is -1.11. The number of aliphatic imine (C=N–C) groups is 1. The zero-order chi connectivity index (χ0) is 23.7. The van der Waals surface area contributed by atoms with E-state index < -0.39 is 57.2 Å². The number of halogens is 1. The van der Waals surface area contributed by atoms with Crippen molar-refractivity contribution in [2.75, 3.05) is 30.4 Å². The lowest BCUT2D eigenvalue weighted by molar-refractivity contribution is -0.151. The molecule has 3 aliphatic heterocycles. The third-order valence-corrected chi connectivity index (χ3v) is 9.28. The van der Waals surface area contributed by atoms with Gasteiger partial charge in [-0.05, 0) is 5.75 Å². The van der Waals surface area contributed by atoms with Gasteiger partial charge in [-0.2, -0.15) is 0 Å². The van der Waals surface area contributed by atoms with Crippen LogP contribution in [0.4, 0.5) is 0 Å². The Balaban J connectivity index is 1.73. The summed E-state index contributed by atoms with van der Waals surface area (Å²) in [4.78, 5) is 56.5. The topological polar surface area (TPSA) is 184 Å². The molecule has 2 amide bonds. The lowest BCUT2D eigenvalue weighted by atomic mass is 10.0. The molecule has 32 heavy (non-hydrogen) atoms. The van der Waals surface area contributed by atoms with Crippen LogP contribution in [-0.4, -0.2) is 101 Å². The van der Waals surface area contributed by atoms with Crippen molar-refractivity contribution in [2.45, 2.75) is 28.1 Å². The minimum absolute atomic E-state index is 0.0310. The fourth-order valence-corrected chi connectivity index (χ4v) is 7.30. The average molecular weight is 526 g/mol. The summed E-state index contributed by atoms with van der Waals surface area (Å²) in [6, 6.07) is -0.925. The quantitative estimate of drug-likeness (QED) is 0.0991. The van der Waals surface area contributed by atoms with Crippen LogP contribution in [0.5, 0.6) is 0 Å². The SMILES string of the molecule is CCSC1(C(=O)O)CS[C@@H]2C(NC(=O)C(=NOCC(=O)O)C3(Cl)CSC(N)=N3)C(=O)N2C1. The lowest BCUT2D eigenvalue weighted by Crippen LogP contribution is -2.75. The number of oxime groups is 1. The van der Waals surface area contributed by atoms with Crippen molar-refractivity contribution in [3.8, 4) is 0 Å². The molecule has 176 valence electrons. The molecule has 16 heteroatoms. The highest BCUT2D eigenvalue weighted by Gasteiger charge is 2.58. The van der Waals surface area contributed by atoms with Crippen molar-refractivity contribution in [1.82, 2.24) is 10.2 Å². The maximum Gasteiger partial charge on any atom is 0.344 e. The molecule has 0 aromatic rings. The highest BCUT2D eigenvalue weighted by atomic mass is 35.5. The fourth-order valence-electron chi connectivity index (χ4n) is 3.28. The minimum atomic E-state index is -1.68. The summed E-state index contributed by atoms with van der Waals surface area (Å²) in [7, 11) is 0. The summed E-state index contributed by atoms with van der Waals surface area (Å²) in [6.45, 7) is 1.07. The summed E-state index contributed by atoms with van der Waals surface area (Å²) in [6.07, 6.45) is 0. The van der Waals surface area contributed by atoms with Gasteiger partial charge in [0.15, 0.2) is 15.9 Å². The number of fused-ring (bicyclic) bond motifs is 1. The van der Waals surface area contributed by atoms with Crippen LogP contribution < -0.4 is 11.1 Å². The summed E-state index contributed by atoms with van der Waals surface area (Å²) in [5, 5.41) is 24.2. The van der Waals surface area contributed by atoms with E-state index in [2.05, 4.69) is 15.5 Å². The Morgan fingerprint density at radius 1 is 1.44 bits per heavy atom. The molecule has 2 fully saturated rings. The van der Waals surface area contributed by atoms with Gasteiger partial charge in [0.05, 0.1) is 0 Å². The van der Waals surface area contributed by atoms with Crippen molar-refractivity contribution >= 4 is 81.5 Å². The van der Waals surface area contributed by atoms with Crippen LogP contribution in [0, 0.1) is 0 Å². The third-order valence-electron chi connectivity index (χ3n) is 4.77. The second-order valence-electron chi connectivity index (χ2n) is 6.96. The largest absolute Gasteiger partial charge is 0.480 e. The Hall–Kier alpha value is -1.84. The molecule has 4 atom stereocenters. The van der Waals surface area contributed by atoms with Crippen molar-refractivity contribution in [3.05, 3.63) is 0 Å². The van der Waals surface area contributed by atoms with Gasteiger partial charge in [-0.25, -0.2) is 9.79 Å². The van der Waals surface area contributed by atoms with Gasteiger partial charge in [0.25, 0.3) is 5.91 Å². The molecule has 0 saturated carbocycles. The predicted octanol–water partition coefficient (Wildman–Crippen LogP) is -0.583. The molecule has 0 bridgehead atoms. The monoisotopic (exact) mass is 525 g/mol. The number of carboxylic acids is 2. The number of hydrogen-bond acceptors (Lipinski definition) is 11. The zero-order valence-electron chi connectivity index (χ0n) is 16.6. The number of alkyl halides is 1. The first-order valence-electron chi connectivity index (χ1n) is 9.22. The van der Waals surface area contributed by atoms with E-state index >= 15 is 0 Å². The number of hydrogen-bond donors (Lipinski definition) is 4. The molecular weight excluding hydrogens is 506 g/mol. The number of thioether (sulfide) groups is 3. The normalized spacial score (nSPS) is 31.9.